The second-order valence-corrected chi connectivity index (χ2v) is 6.66. The lowest BCUT2D eigenvalue weighted by atomic mass is 9.74. The minimum atomic E-state index is -0.316. The average Bonchev–Trinajstić information content (AvgIpc) is 3.12. The van der Waals surface area contributed by atoms with E-state index in [4.69, 9.17) is 15.2 Å². The van der Waals surface area contributed by atoms with E-state index in [1.165, 1.54) is 0 Å². The molecule has 2 aromatic carbocycles. The van der Waals surface area contributed by atoms with Gasteiger partial charge in [-0.3, -0.25) is 0 Å². The number of hydrogen-bond acceptors (Lipinski definition) is 6. The Balaban J connectivity index is 1.76. The summed E-state index contributed by atoms with van der Waals surface area (Å²) in [7, 11) is 0. The van der Waals surface area contributed by atoms with Gasteiger partial charge in [-0.15, -0.1) is 0 Å². The number of nitrogens with one attached hydrogen (secondary N) is 2. The zero-order chi connectivity index (χ0) is 18.8. The molecule has 6 nitrogen and oxygen atoms in total. The highest BCUT2D eigenvalue weighted by molar-refractivity contribution is 5.44. The maximum Gasteiger partial charge on any atom is 0.200 e. The molecule has 0 aliphatic carbocycles. The first-order chi connectivity index (χ1) is 13.2. The van der Waals surface area contributed by atoms with Gasteiger partial charge in [0, 0.05) is 11.8 Å². The quantitative estimate of drug-likeness (QED) is 0.774. The van der Waals surface area contributed by atoms with Crippen LogP contribution in [0.2, 0.25) is 0 Å². The van der Waals surface area contributed by atoms with Gasteiger partial charge in [-0.25, -0.2) is 10.9 Å². The molecule has 4 unspecified atom stereocenters. The van der Waals surface area contributed by atoms with Crippen molar-refractivity contribution in [2.75, 3.05) is 6.61 Å². The number of ether oxygens (including phenoxy) is 2. The summed E-state index contributed by atoms with van der Waals surface area (Å²) in [6.45, 7) is 2.57. The van der Waals surface area contributed by atoms with Crippen molar-refractivity contribution in [1.29, 1.82) is 5.26 Å². The Bertz CT molecular complexity index is 873. The van der Waals surface area contributed by atoms with E-state index in [1.807, 2.05) is 49.4 Å². The smallest absolute Gasteiger partial charge is 0.200 e. The molecule has 4 N–H and O–H groups in total. The predicted molar refractivity (Wildman–Crippen MR) is 101 cm³/mol. The van der Waals surface area contributed by atoms with Crippen LogP contribution in [0, 0.1) is 17.2 Å². The predicted octanol–water partition coefficient (Wildman–Crippen LogP) is 2.68. The van der Waals surface area contributed by atoms with Crippen molar-refractivity contribution < 1.29 is 9.47 Å². The number of hydrazine groups is 1. The fourth-order valence-electron chi connectivity index (χ4n) is 3.98. The molecular weight excluding hydrogens is 340 g/mol. The maximum atomic E-state index is 9.78. The van der Waals surface area contributed by atoms with Crippen molar-refractivity contribution in [2.45, 2.75) is 25.1 Å². The van der Waals surface area contributed by atoms with Crippen LogP contribution in [0.1, 0.15) is 30.0 Å². The van der Waals surface area contributed by atoms with E-state index in [0.29, 0.717) is 12.2 Å². The van der Waals surface area contributed by atoms with Crippen LogP contribution < -0.4 is 21.3 Å². The highest BCUT2D eigenvalue weighted by atomic mass is 16.5. The van der Waals surface area contributed by atoms with E-state index in [1.54, 1.807) is 0 Å². The van der Waals surface area contributed by atoms with Crippen LogP contribution in [-0.4, -0.2) is 12.8 Å². The molecule has 4 atom stereocenters. The summed E-state index contributed by atoms with van der Waals surface area (Å²) >= 11 is 0. The van der Waals surface area contributed by atoms with E-state index in [0.717, 1.165) is 16.9 Å². The Morgan fingerprint density at radius 1 is 1.07 bits per heavy atom. The summed E-state index contributed by atoms with van der Waals surface area (Å²) < 4.78 is 11.4. The van der Waals surface area contributed by atoms with Gasteiger partial charge in [-0.2, -0.15) is 5.26 Å². The van der Waals surface area contributed by atoms with Crippen LogP contribution in [0.15, 0.2) is 66.1 Å². The molecule has 2 aliphatic rings. The van der Waals surface area contributed by atoms with E-state index in [2.05, 4.69) is 29.1 Å². The Labute approximate surface area is 158 Å². The molecule has 0 saturated carbocycles. The van der Waals surface area contributed by atoms with E-state index in [9.17, 15) is 5.26 Å². The summed E-state index contributed by atoms with van der Waals surface area (Å²) in [5.41, 5.74) is 15.2. The number of nitrogens with two attached hydrogens (primary N) is 1. The highest BCUT2D eigenvalue weighted by Gasteiger charge is 2.49. The second kappa shape index (κ2) is 7.31. The number of rotatable bonds is 4. The van der Waals surface area contributed by atoms with Crippen molar-refractivity contribution in [3.05, 3.63) is 77.2 Å². The van der Waals surface area contributed by atoms with E-state index >= 15 is 0 Å². The van der Waals surface area contributed by atoms with Gasteiger partial charge in [0.15, 0.2) is 6.23 Å². The van der Waals surface area contributed by atoms with Crippen LogP contribution >= 0.6 is 0 Å². The van der Waals surface area contributed by atoms with E-state index in [-0.39, 0.29) is 30.0 Å². The zero-order valence-electron chi connectivity index (χ0n) is 15.1. The molecule has 2 aromatic rings. The van der Waals surface area contributed by atoms with Gasteiger partial charge in [0.25, 0.3) is 0 Å². The summed E-state index contributed by atoms with van der Waals surface area (Å²) in [4.78, 5) is 0. The SMILES string of the molecule is CCOc1ccc(C2C(C#N)=C(N)OC3NNC(c4ccccc4)C32)cc1. The molecular formula is C21H22N4O2. The molecule has 1 saturated heterocycles. The van der Waals surface area contributed by atoms with Crippen LogP contribution in [0.4, 0.5) is 0 Å². The first kappa shape index (κ1) is 17.4. The van der Waals surface area contributed by atoms with Crippen LogP contribution in [0.25, 0.3) is 0 Å². The zero-order valence-corrected chi connectivity index (χ0v) is 15.1. The molecule has 138 valence electrons. The van der Waals surface area contributed by atoms with Gasteiger partial charge in [-0.1, -0.05) is 42.5 Å². The monoisotopic (exact) mass is 362 g/mol. The van der Waals surface area contributed by atoms with Gasteiger partial charge in [0.2, 0.25) is 5.88 Å². The van der Waals surface area contributed by atoms with Crippen molar-refractivity contribution >= 4 is 0 Å². The number of fused-ring (bicyclic) bond motifs is 1. The van der Waals surface area contributed by atoms with E-state index < -0.39 is 0 Å². The Morgan fingerprint density at radius 2 is 1.81 bits per heavy atom. The lowest BCUT2D eigenvalue weighted by Crippen LogP contribution is -2.40. The van der Waals surface area contributed by atoms with Gasteiger partial charge in [0.05, 0.1) is 18.2 Å². The molecule has 0 amide bonds. The summed E-state index contributed by atoms with van der Waals surface area (Å²) in [6.07, 6.45) is -0.316. The minimum absolute atomic E-state index is 0.00998. The molecule has 1 fully saturated rings. The standard InChI is InChI=1S/C21H22N4O2/c1-2-26-15-10-8-13(9-11-15)17-16(12-22)20(23)27-21-18(17)19(24-25-21)14-6-4-3-5-7-14/h3-11,17-19,21,24-25H,2,23H2,1H3. The molecule has 27 heavy (non-hydrogen) atoms. The number of nitrogens with zero attached hydrogens (tertiary/aromatic N) is 1. The average molecular weight is 362 g/mol. The number of allylic oxidation sites excluding steroid dienone is 1. The Morgan fingerprint density at radius 3 is 2.48 bits per heavy atom. The molecule has 0 spiro atoms. The molecule has 0 aromatic heterocycles. The molecule has 0 radical (unpaired) electrons. The molecule has 4 rings (SSSR count). The van der Waals surface area contributed by atoms with Gasteiger partial charge >= 0.3 is 0 Å². The Hall–Kier alpha value is -3.01. The Kier molecular flexibility index (Phi) is 4.71. The second-order valence-electron chi connectivity index (χ2n) is 6.66. The van der Waals surface area contributed by atoms with Crippen molar-refractivity contribution in [1.82, 2.24) is 10.9 Å². The normalized spacial score (nSPS) is 26.8. The largest absolute Gasteiger partial charge is 0.494 e. The molecule has 0 bridgehead atoms. The van der Waals surface area contributed by atoms with Gasteiger partial charge < -0.3 is 15.2 Å². The highest BCUT2D eigenvalue weighted by Crippen LogP contribution is 2.47. The summed E-state index contributed by atoms with van der Waals surface area (Å²) in [5.74, 6) is 0.785. The fourth-order valence-corrected chi connectivity index (χ4v) is 3.98. The first-order valence-corrected chi connectivity index (χ1v) is 9.08. The maximum absolute atomic E-state index is 9.78. The van der Waals surface area contributed by atoms with Crippen molar-refractivity contribution in [3.8, 4) is 11.8 Å². The lowest BCUT2D eigenvalue weighted by molar-refractivity contribution is 0.0340. The third kappa shape index (κ3) is 3.12. The third-order valence-electron chi connectivity index (χ3n) is 5.16. The number of benzene rings is 2. The first-order valence-electron chi connectivity index (χ1n) is 9.08. The lowest BCUT2D eigenvalue weighted by Gasteiger charge is -2.36. The van der Waals surface area contributed by atoms with Crippen molar-refractivity contribution in [2.24, 2.45) is 11.7 Å². The third-order valence-corrected chi connectivity index (χ3v) is 5.16. The molecule has 6 heteroatoms. The molecule has 2 heterocycles. The summed E-state index contributed by atoms with van der Waals surface area (Å²) in [6, 6.07) is 20.3. The fraction of sp³-hybridized carbons (Fsp3) is 0.286. The molecule has 2 aliphatic heterocycles. The summed E-state index contributed by atoms with van der Waals surface area (Å²) in [5, 5.41) is 9.78. The van der Waals surface area contributed by atoms with Crippen molar-refractivity contribution in [3.63, 3.8) is 0 Å². The van der Waals surface area contributed by atoms with Crippen LogP contribution in [0.3, 0.4) is 0 Å². The van der Waals surface area contributed by atoms with Crippen LogP contribution in [-0.2, 0) is 4.74 Å². The number of hydrogen-bond donors (Lipinski definition) is 3. The van der Waals surface area contributed by atoms with Gasteiger partial charge in [-0.05, 0) is 30.2 Å². The topological polar surface area (TPSA) is 92.3 Å². The minimum Gasteiger partial charge on any atom is -0.494 e. The van der Waals surface area contributed by atoms with Crippen LogP contribution in [0.5, 0.6) is 5.75 Å². The number of nitriles is 1. The van der Waals surface area contributed by atoms with Gasteiger partial charge in [0.1, 0.15) is 11.8 Å².